The molecule has 6 nitrogen and oxygen atoms in total. The number of rotatable bonds is 5. The molecule has 1 fully saturated rings. The van der Waals surface area contributed by atoms with Gasteiger partial charge in [0.15, 0.2) is 0 Å². The number of hydrogen-bond acceptors (Lipinski definition) is 4. The highest BCUT2D eigenvalue weighted by molar-refractivity contribution is 6.05. The monoisotopic (exact) mass is 311 g/mol. The van der Waals surface area contributed by atoms with Gasteiger partial charge >= 0.3 is 0 Å². The normalized spacial score (nSPS) is 13.3. The van der Waals surface area contributed by atoms with Gasteiger partial charge in [-0.15, -0.1) is 0 Å². The van der Waals surface area contributed by atoms with Crippen molar-refractivity contribution < 1.29 is 14.3 Å². The van der Waals surface area contributed by atoms with E-state index in [1.165, 1.54) is 12.4 Å². The van der Waals surface area contributed by atoms with Gasteiger partial charge in [0, 0.05) is 30.2 Å². The molecule has 0 saturated heterocycles. The molecule has 1 aliphatic rings. The third kappa shape index (κ3) is 3.85. The number of pyridine rings is 1. The lowest BCUT2D eigenvalue weighted by molar-refractivity contribution is 0.0950. The molecule has 1 heterocycles. The Hall–Kier alpha value is -2.89. The highest BCUT2D eigenvalue weighted by Gasteiger charge is 2.24. The maximum Gasteiger partial charge on any atom is 0.257 e. The average Bonchev–Trinajstić information content (AvgIpc) is 3.39. The highest BCUT2D eigenvalue weighted by Crippen LogP contribution is 2.20. The quantitative estimate of drug-likeness (QED) is 0.887. The van der Waals surface area contributed by atoms with Gasteiger partial charge in [0.05, 0.1) is 18.2 Å². The Labute approximate surface area is 133 Å². The second-order valence-electron chi connectivity index (χ2n) is 5.40. The molecule has 1 aromatic heterocycles. The fraction of sp³-hybridized carbons (Fsp3) is 0.235. The van der Waals surface area contributed by atoms with Crippen LogP contribution in [0.1, 0.15) is 33.6 Å². The lowest BCUT2D eigenvalue weighted by Crippen LogP contribution is -2.26. The van der Waals surface area contributed by atoms with Crippen LogP contribution in [-0.2, 0) is 0 Å². The molecule has 0 atom stereocenters. The average molecular weight is 311 g/mol. The maximum atomic E-state index is 12.3. The Kier molecular flexibility index (Phi) is 4.23. The summed E-state index contributed by atoms with van der Waals surface area (Å²) in [5, 5.41) is 5.64. The molecule has 0 radical (unpaired) electrons. The molecule has 1 aliphatic carbocycles. The van der Waals surface area contributed by atoms with E-state index in [4.69, 9.17) is 4.74 Å². The SMILES string of the molecule is COc1cccc(NC(=O)c2cncc(C(=O)NC3CC3)c2)c1. The molecule has 2 amide bonds. The smallest absolute Gasteiger partial charge is 0.257 e. The number of hydrogen-bond donors (Lipinski definition) is 2. The number of methoxy groups -OCH3 is 1. The number of ether oxygens (including phenoxy) is 1. The molecule has 1 saturated carbocycles. The summed E-state index contributed by atoms with van der Waals surface area (Å²) >= 11 is 0. The van der Waals surface area contributed by atoms with Gasteiger partial charge in [-0.1, -0.05) is 6.07 Å². The Bertz CT molecular complexity index is 741. The van der Waals surface area contributed by atoms with Gasteiger partial charge in [-0.25, -0.2) is 0 Å². The summed E-state index contributed by atoms with van der Waals surface area (Å²) in [6.45, 7) is 0. The Morgan fingerprint density at radius 1 is 1.13 bits per heavy atom. The molecule has 3 rings (SSSR count). The summed E-state index contributed by atoms with van der Waals surface area (Å²) in [7, 11) is 1.56. The van der Waals surface area contributed by atoms with E-state index in [9.17, 15) is 9.59 Å². The first-order chi connectivity index (χ1) is 11.2. The predicted molar refractivity (Wildman–Crippen MR) is 85.7 cm³/mol. The van der Waals surface area contributed by atoms with Crippen LogP contribution < -0.4 is 15.4 Å². The van der Waals surface area contributed by atoms with Crippen LogP contribution in [-0.4, -0.2) is 29.9 Å². The molecule has 1 aromatic carbocycles. The van der Waals surface area contributed by atoms with E-state index < -0.39 is 0 Å². The van der Waals surface area contributed by atoms with E-state index >= 15 is 0 Å². The summed E-state index contributed by atoms with van der Waals surface area (Å²) in [6, 6.07) is 8.86. The first kappa shape index (κ1) is 15.0. The zero-order valence-corrected chi connectivity index (χ0v) is 12.7. The molecule has 2 N–H and O–H groups in total. The van der Waals surface area contributed by atoms with E-state index in [0.29, 0.717) is 22.6 Å². The molecule has 2 aromatic rings. The van der Waals surface area contributed by atoms with Crippen LogP contribution in [0.2, 0.25) is 0 Å². The van der Waals surface area contributed by atoms with Gasteiger partial charge in [0.2, 0.25) is 0 Å². The van der Waals surface area contributed by atoms with Crippen LogP contribution in [0, 0.1) is 0 Å². The van der Waals surface area contributed by atoms with Gasteiger partial charge in [-0.05, 0) is 31.0 Å². The fourth-order valence-corrected chi connectivity index (χ4v) is 2.09. The van der Waals surface area contributed by atoms with Crippen molar-refractivity contribution in [3.8, 4) is 5.75 Å². The molecular weight excluding hydrogens is 294 g/mol. The van der Waals surface area contributed by atoms with Crippen LogP contribution >= 0.6 is 0 Å². The van der Waals surface area contributed by atoms with Crippen molar-refractivity contribution in [2.45, 2.75) is 18.9 Å². The molecule has 0 unspecified atom stereocenters. The van der Waals surface area contributed by atoms with Crippen molar-refractivity contribution in [1.29, 1.82) is 0 Å². The summed E-state index contributed by atoms with van der Waals surface area (Å²) < 4.78 is 5.12. The number of aromatic nitrogens is 1. The van der Waals surface area contributed by atoms with E-state index in [-0.39, 0.29) is 17.9 Å². The van der Waals surface area contributed by atoms with Crippen molar-refractivity contribution in [2.75, 3.05) is 12.4 Å². The van der Waals surface area contributed by atoms with Crippen molar-refractivity contribution in [3.05, 3.63) is 53.9 Å². The second kappa shape index (κ2) is 6.48. The van der Waals surface area contributed by atoms with Crippen molar-refractivity contribution >= 4 is 17.5 Å². The van der Waals surface area contributed by atoms with Crippen molar-refractivity contribution in [3.63, 3.8) is 0 Å². The first-order valence-corrected chi connectivity index (χ1v) is 7.37. The van der Waals surface area contributed by atoms with E-state index in [2.05, 4.69) is 15.6 Å². The Morgan fingerprint density at radius 3 is 2.57 bits per heavy atom. The minimum atomic E-state index is -0.327. The van der Waals surface area contributed by atoms with Gasteiger partial charge < -0.3 is 15.4 Å². The molecule has 0 spiro atoms. The van der Waals surface area contributed by atoms with E-state index in [0.717, 1.165) is 12.8 Å². The van der Waals surface area contributed by atoms with E-state index in [1.54, 1.807) is 37.4 Å². The van der Waals surface area contributed by atoms with Crippen LogP contribution in [0.5, 0.6) is 5.75 Å². The molecular formula is C17H17N3O3. The number of anilines is 1. The number of benzene rings is 1. The highest BCUT2D eigenvalue weighted by atomic mass is 16.5. The van der Waals surface area contributed by atoms with Crippen LogP contribution in [0.15, 0.2) is 42.7 Å². The van der Waals surface area contributed by atoms with Crippen LogP contribution in [0.4, 0.5) is 5.69 Å². The van der Waals surface area contributed by atoms with Crippen LogP contribution in [0.25, 0.3) is 0 Å². The zero-order chi connectivity index (χ0) is 16.2. The standard InChI is InChI=1S/C17H17N3O3/c1-23-15-4-2-3-14(8-15)20-17(22)12-7-11(9-18-10-12)16(21)19-13-5-6-13/h2-4,7-10,13H,5-6H2,1H3,(H,19,21)(H,20,22). The van der Waals surface area contributed by atoms with Gasteiger partial charge in [0.25, 0.3) is 11.8 Å². The zero-order valence-electron chi connectivity index (χ0n) is 12.7. The fourth-order valence-electron chi connectivity index (χ4n) is 2.09. The Morgan fingerprint density at radius 2 is 1.87 bits per heavy atom. The lowest BCUT2D eigenvalue weighted by Gasteiger charge is -2.08. The minimum Gasteiger partial charge on any atom is -0.497 e. The lowest BCUT2D eigenvalue weighted by atomic mass is 10.1. The largest absolute Gasteiger partial charge is 0.497 e. The molecule has 0 bridgehead atoms. The van der Waals surface area contributed by atoms with Gasteiger partial charge in [-0.3, -0.25) is 14.6 Å². The molecule has 23 heavy (non-hydrogen) atoms. The summed E-state index contributed by atoms with van der Waals surface area (Å²) in [6.07, 6.45) is 4.91. The maximum absolute atomic E-state index is 12.3. The number of nitrogens with zero attached hydrogens (tertiary/aromatic N) is 1. The Balaban J connectivity index is 1.72. The minimum absolute atomic E-state index is 0.198. The third-order valence-corrected chi connectivity index (χ3v) is 3.50. The van der Waals surface area contributed by atoms with Crippen molar-refractivity contribution in [2.24, 2.45) is 0 Å². The molecule has 6 heteroatoms. The summed E-state index contributed by atoms with van der Waals surface area (Å²) in [4.78, 5) is 28.3. The van der Waals surface area contributed by atoms with E-state index in [1.807, 2.05) is 0 Å². The first-order valence-electron chi connectivity index (χ1n) is 7.37. The second-order valence-corrected chi connectivity index (χ2v) is 5.40. The van der Waals surface area contributed by atoms with Crippen LogP contribution in [0.3, 0.4) is 0 Å². The molecule has 118 valence electrons. The van der Waals surface area contributed by atoms with Crippen molar-refractivity contribution in [1.82, 2.24) is 10.3 Å². The number of carbonyl (C=O) groups is 2. The predicted octanol–water partition coefficient (Wildman–Crippen LogP) is 2.23. The molecule has 0 aliphatic heterocycles. The van der Waals surface area contributed by atoms with Gasteiger partial charge in [-0.2, -0.15) is 0 Å². The topological polar surface area (TPSA) is 80.3 Å². The summed E-state index contributed by atoms with van der Waals surface area (Å²) in [5.41, 5.74) is 1.33. The number of nitrogens with one attached hydrogen (secondary N) is 2. The number of amides is 2. The van der Waals surface area contributed by atoms with Gasteiger partial charge in [0.1, 0.15) is 5.75 Å². The number of carbonyl (C=O) groups excluding carboxylic acids is 2. The summed E-state index contributed by atoms with van der Waals surface area (Å²) in [5.74, 6) is 0.126. The third-order valence-electron chi connectivity index (χ3n) is 3.50.